The van der Waals surface area contributed by atoms with Crippen LogP contribution < -0.4 is 21.1 Å². The molecule has 1 saturated heterocycles. The Morgan fingerprint density at radius 1 is 1.15 bits per heavy atom. The standard InChI is InChI=1S/C18H27N3O4.ClH/c1-2-25-15-5-3-14(4-6-15)18(7-9-24-10-8-18)13-21-17(23)12-20-16(22)11-19;/h3-6H,2,7-13,19H2,1H3,(H,20,22)(H,21,23);1H. The summed E-state index contributed by atoms with van der Waals surface area (Å²) in [5.74, 6) is 0.267. The Bertz CT molecular complexity index is 574. The predicted octanol–water partition coefficient (Wildman–Crippen LogP) is 0.746. The Morgan fingerprint density at radius 3 is 2.38 bits per heavy atom. The molecule has 1 aliphatic heterocycles. The van der Waals surface area contributed by atoms with Crippen molar-refractivity contribution in [2.24, 2.45) is 5.73 Å². The van der Waals surface area contributed by atoms with Gasteiger partial charge in [0.1, 0.15) is 5.75 Å². The molecule has 2 rings (SSSR count). The molecule has 4 N–H and O–H groups in total. The van der Waals surface area contributed by atoms with Gasteiger partial charge in [-0.05, 0) is 37.5 Å². The Morgan fingerprint density at radius 2 is 1.81 bits per heavy atom. The second-order valence-electron chi connectivity index (χ2n) is 6.11. The van der Waals surface area contributed by atoms with E-state index in [1.54, 1.807) is 0 Å². The van der Waals surface area contributed by atoms with Crippen LogP contribution in [0.5, 0.6) is 5.75 Å². The first-order valence-electron chi connectivity index (χ1n) is 8.64. The van der Waals surface area contributed by atoms with E-state index in [1.807, 2.05) is 19.1 Å². The molecule has 1 heterocycles. The van der Waals surface area contributed by atoms with Gasteiger partial charge in [-0.3, -0.25) is 9.59 Å². The molecule has 2 amide bonds. The molecule has 0 unspecified atom stereocenters. The fraction of sp³-hybridized carbons (Fsp3) is 0.556. The van der Waals surface area contributed by atoms with Crippen LogP contribution in [0.1, 0.15) is 25.3 Å². The molecule has 1 aliphatic rings. The Hall–Kier alpha value is -1.83. The molecule has 0 bridgehead atoms. The molecule has 8 heteroatoms. The van der Waals surface area contributed by atoms with E-state index < -0.39 is 0 Å². The van der Waals surface area contributed by atoms with Crippen molar-refractivity contribution in [3.63, 3.8) is 0 Å². The van der Waals surface area contributed by atoms with E-state index in [-0.39, 0.29) is 42.7 Å². The van der Waals surface area contributed by atoms with E-state index in [9.17, 15) is 9.59 Å². The van der Waals surface area contributed by atoms with Crippen LogP contribution >= 0.6 is 12.4 Å². The summed E-state index contributed by atoms with van der Waals surface area (Å²) in [6, 6.07) is 8.02. The maximum absolute atomic E-state index is 12.0. The second-order valence-corrected chi connectivity index (χ2v) is 6.11. The van der Waals surface area contributed by atoms with Gasteiger partial charge in [0.25, 0.3) is 0 Å². The van der Waals surface area contributed by atoms with E-state index >= 15 is 0 Å². The highest BCUT2D eigenvalue weighted by Crippen LogP contribution is 2.35. The zero-order chi connectivity index (χ0) is 18.1. The Balaban J connectivity index is 0.00000338. The molecule has 1 aromatic rings. The topological polar surface area (TPSA) is 103 Å². The van der Waals surface area contributed by atoms with Crippen molar-refractivity contribution in [2.75, 3.05) is 39.5 Å². The number of ether oxygens (including phenoxy) is 2. The monoisotopic (exact) mass is 385 g/mol. The molecule has 0 saturated carbocycles. The second kappa shape index (κ2) is 11.0. The van der Waals surface area contributed by atoms with Crippen molar-refractivity contribution >= 4 is 24.2 Å². The van der Waals surface area contributed by atoms with E-state index in [2.05, 4.69) is 22.8 Å². The largest absolute Gasteiger partial charge is 0.494 e. The highest BCUT2D eigenvalue weighted by Gasteiger charge is 2.34. The fourth-order valence-corrected chi connectivity index (χ4v) is 2.98. The third-order valence-corrected chi connectivity index (χ3v) is 4.48. The van der Waals surface area contributed by atoms with Gasteiger partial charge in [-0.2, -0.15) is 0 Å². The van der Waals surface area contributed by atoms with E-state index in [0.717, 1.165) is 24.2 Å². The molecule has 26 heavy (non-hydrogen) atoms. The van der Waals surface area contributed by atoms with E-state index in [0.29, 0.717) is 26.4 Å². The van der Waals surface area contributed by atoms with Crippen molar-refractivity contribution in [1.82, 2.24) is 10.6 Å². The number of benzene rings is 1. The number of nitrogens with one attached hydrogen (secondary N) is 2. The Labute approximate surface area is 160 Å². The van der Waals surface area contributed by atoms with Crippen LogP contribution in [-0.2, 0) is 19.7 Å². The molecule has 0 spiro atoms. The summed E-state index contributed by atoms with van der Waals surface area (Å²) in [5.41, 5.74) is 6.20. The van der Waals surface area contributed by atoms with E-state index in [4.69, 9.17) is 15.2 Å². The summed E-state index contributed by atoms with van der Waals surface area (Å²) in [6.07, 6.45) is 1.66. The van der Waals surface area contributed by atoms with Crippen LogP contribution in [0.25, 0.3) is 0 Å². The van der Waals surface area contributed by atoms with Gasteiger partial charge in [-0.25, -0.2) is 0 Å². The van der Waals surface area contributed by atoms with Gasteiger partial charge in [-0.15, -0.1) is 12.4 Å². The number of carbonyl (C=O) groups excluding carboxylic acids is 2. The molecule has 0 aromatic heterocycles. The van der Waals surface area contributed by atoms with Crippen LogP contribution in [0.2, 0.25) is 0 Å². The molecular weight excluding hydrogens is 358 g/mol. The maximum atomic E-state index is 12.0. The van der Waals surface area contributed by atoms with Gasteiger partial charge in [0.15, 0.2) is 0 Å². The number of amides is 2. The summed E-state index contributed by atoms with van der Waals surface area (Å²) in [6.45, 7) is 4.21. The van der Waals surface area contributed by atoms with Crippen LogP contribution in [0.15, 0.2) is 24.3 Å². The lowest BCUT2D eigenvalue weighted by atomic mass is 9.74. The molecule has 1 fully saturated rings. The molecule has 0 atom stereocenters. The number of halogens is 1. The lowest BCUT2D eigenvalue weighted by molar-refractivity contribution is -0.125. The van der Waals surface area contributed by atoms with Crippen LogP contribution in [0.3, 0.4) is 0 Å². The minimum absolute atomic E-state index is 0. The zero-order valence-electron chi connectivity index (χ0n) is 15.1. The molecular formula is C18H28ClN3O4. The highest BCUT2D eigenvalue weighted by atomic mass is 35.5. The van der Waals surface area contributed by atoms with E-state index in [1.165, 1.54) is 0 Å². The number of hydrogen-bond donors (Lipinski definition) is 3. The number of rotatable bonds is 8. The summed E-state index contributed by atoms with van der Waals surface area (Å²) >= 11 is 0. The van der Waals surface area contributed by atoms with Crippen LogP contribution in [-0.4, -0.2) is 51.3 Å². The third kappa shape index (κ3) is 6.16. The molecule has 1 aromatic carbocycles. The third-order valence-electron chi connectivity index (χ3n) is 4.48. The first-order valence-corrected chi connectivity index (χ1v) is 8.64. The van der Waals surface area contributed by atoms with Gasteiger partial charge in [0, 0.05) is 25.2 Å². The van der Waals surface area contributed by atoms with Crippen molar-refractivity contribution in [1.29, 1.82) is 0 Å². The van der Waals surface area contributed by atoms with Crippen LogP contribution in [0, 0.1) is 0 Å². The summed E-state index contributed by atoms with van der Waals surface area (Å²) in [5, 5.41) is 5.41. The average Bonchev–Trinajstić information content (AvgIpc) is 2.66. The summed E-state index contributed by atoms with van der Waals surface area (Å²) in [7, 11) is 0. The smallest absolute Gasteiger partial charge is 0.239 e. The minimum atomic E-state index is -0.345. The molecule has 7 nitrogen and oxygen atoms in total. The molecule has 146 valence electrons. The van der Waals surface area contributed by atoms with Gasteiger partial charge in [-0.1, -0.05) is 12.1 Å². The van der Waals surface area contributed by atoms with Gasteiger partial charge in [0.2, 0.25) is 11.8 Å². The summed E-state index contributed by atoms with van der Waals surface area (Å²) < 4.78 is 11.0. The van der Waals surface area contributed by atoms with Crippen molar-refractivity contribution in [3.05, 3.63) is 29.8 Å². The first-order chi connectivity index (χ1) is 12.1. The normalized spacial score (nSPS) is 15.5. The highest BCUT2D eigenvalue weighted by molar-refractivity contribution is 5.85. The van der Waals surface area contributed by atoms with Gasteiger partial charge < -0.3 is 25.8 Å². The minimum Gasteiger partial charge on any atom is -0.494 e. The van der Waals surface area contributed by atoms with Crippen molar-refractivity contribution in [2.45, 2.75) is 25.2 Å². The lowest BCUT2D eigenvalue weighted by Crippen LogP contribution is -2.47. The van der Waals surface area contributed by atoms with Gasteiger partial charge >= 0.3 is 0 Å². The average molecular weight is 386 g/mol. The lowest BCUT2D eigenvalue weighted by Gasteiger charge is -2.38. The van der Waals surface area contributed by atoms with Crippen LogP contribution in [0.4, 0.5) is 0 Å². The van der Waals surface area contributed by atoms with Crippen molar-refractivity contribution < 1.29 is 19.1 Å². The van der Waals surface area contributed by atoms with Crippen molar-refractivity contribution in [3.8, 4) is 5.75 Å². The number of carbonyl (C=O) groups is 2. The first kappa shape index (κ1) is 22.2. The predicted molar refractivity (Wildman–Crippen MR) is 102 cm³/mol. The number of nitrogens with two attached hydrogens (primary N) is 1. The Kier molecular flexibility index (Phi) is 9.40. The molecule has 0 radical (unpaired) electrons. The number of hydrogen-bond acceptors (Lipinski definition) is 5. The molecule has 0 aliphatic carbocycles. The van der Waals surface area contributed by atoms with Gasteiger partial charge in [0.05, 0.1) is 19.7 Å². The maximum Gasteiger partial charge on any atom is 0.239 e. The SMILES string of the molecule is CCOc1ccc(C2(CNC(=O)CNC(=O)CN)CCOCC2)cc1.Cl. The zero-order valence-corrected chi connectivity index (χ0v) is 15.9. The quantitative estimate of drug-likeness (QED) is 0.612. The fourth-order valence-electron chi connectivity index (χ4n) is 2.98. The summed E-state index contributed by atoms with van der Waals surface area (Å²) in [4.78, 5) is 23.1.